The molecule has 0 bridgehead atoms. The summed E-state index contributed by atoms with van der Waals surface area (Å²) < 4.78 is 44.9. The van der Waals surface area contributed by atoms with Crippen molar-refractivity contribution in [2.24, 2.45) is 5.92 Å². The van der Waals surface area contributed by atoms with Gasteiger partial charge in [0.2, 0.25) is 0 Å². The first-order valence-electron chi connectivity index (χ1n) is 9.93. The fourth-order valence-electron chi connectivity index (χ4n) is 4.18. The molecular formula is C24H21ClF3N3. The molecule has 3 nitrogen and oxygen atoms in total. The summed E-state index contributed by atoms with van der Waals surface area (Å²) >= 11 is 0. The molecule has 7 heteroatoms. The predicted octanol–water partition coefficient (Wildman–Crippen LogP) is 3.00. The van der Waals surface area contributed by atoms with Crippen molar-refractivity contribution in [1.82, 2.24) is 9.13 Å². The lowest BCUT2D eigenvalue weighted by atomic mass is 10.2. The molecule has 0 unspecified atom stereocenters. The zero-order valence-electron chi connectivity index (χ0n) is 17.1. The number of nitrogens with zero attached hydrogens (tertiary/aromatic N) is 3. The van der Waals surface area contributed by atoms with Crippen LogP contribution in [0.3, 0.4) is 0 Å². The fourth-order valence-corrected chi connectivity index (χ4v) is 4.18. The first kappa shape index (κ1) is 21.2. The maximum Gasteiger partial charge on any atom is 0.416 e. The van der Waals surface area contributed by atoms with E-state index in [1.807, 2.05) is 33.8 Å². The minimum atomic E-state index is -4.33. The van der Waals surface area contributed by atoms with Gasteiger partial charge in [-0.1, -0.05) is 32.0 Å². The van der Waals surface area contributed by atoms with Gasteiger partial charge in [0.25, 0.3) is 6.33 Å². The monoisotopic (exact) mass is 443 g/mol. The third kappa shape index (κ3) is 3.55. The van der Waals surface area contributed by atoms with E-state index in [2.05, 4.69) is 42.7 Å². The number of pyridine rings is 1. The van der Waals surface area contributed by atoms with E-state index in [4.69, 9.17) is 0 Å². The third-order valence-electron chi connectivity index (χ3n) is 5.48. The van der Waals surface area contributed by atoms with Crippen molar-refractivity contribution >= 4 is 27.3 Å². The van der Waals surface area contributed by atoms with Gasteiger partial charge in [0, 0.05) is 22.8 Å². The number of benzene rings is 2. The normalized spacial score (nSPS) is 12.2. The molecule has 0 aliphatic heterocycles. The quantitative estimate of drug-likeness (QED) is 0.381. The van der Waals surface area contributed by atoms with E-state index < -0.39 is 11.7 Å². The van der Waals surface area contributed by atoms with E-state index in [1.54, 1.807) is 0 Å². The summed E-state index contributed by atoms with van der Waals surface area (Å²) in [6, 6.07) is 15.7. The van der Waals surface area contributed by atoms with Crippen LogP contribution < -0.4 is 16.8 Å². The van der Waals surface area contributed by atoms with E-state index in [0.717, 1.165) is 29.7 Å². The van der Waals surface area contributed by atoms with Gasteiger partial charge in [-0.15, -0.1) is 0 Å². The number of rotatable bonds is 3. The Labute approximate surface area is 183 Å². The molecule has 0 amide bonds. The molecule has 0 aliphatic rings. The zero-order valence-corrected chi connectivity index (χ0v) is 17.8. The Bertz CT molecular complexity index is 1380. The second-order valence-electron chi connectivity index (χ2n) is 8.09. The summed E-state index contributed by atoms with van der Waals surface area (Å²) in [7, 11) is 0. The fraction of sp³-hybridized carbons (Fsp3) is 0.208. The number of para-hydroxylation sites is 1. The Kier molecular flexibility index (Phi) is 5.21. The van der Waals surface area contributed by atoms with Gasteiger partial charge < -0.3 is 17.0 Å². The summed E-state index contributed by atoms with van der Waals surface area (Å²) in [6.45, 7) is 5.28. The van der Waals surface area contributed by atoms with Crippen molar-refractivity contribution in [3.8, 4) is 5.69 Å². The molecular weight excluding hydrogens is 423 g/mol. The number of hydrogen-bond donors (Lipinski definition) is 0. The molecule has 0 N–H and O–H groups in total. The van der Waals surface area contributed by atoms with Crippen LogP contribution >= 0.6 is 0 Å². The Hall–Kier alpha value is -2.99. The van der Waals surface area contributed by atoms with Crippen LogP contribution in [0.4, 0.5) is 13.2 Å². The summed E-state index contributed by atoms with van der Waals surface area (Å²) in [5.41, 5.74) is 3.39. The second-order valence-corrected chi connectivity index (χ2v) is 8.09. The van der Waals surface area contributed by atoms with Gasteiger partial charge in [0.05, 0.1) is 11.8 Å². The zero-order chi connectivity index (χ0) is 21.0. The predicted molar refractivity (Wildman–Crippen MR) is 112 cm³/mol. The molecule has 0 fully saturated rings. The highest BCUT2D eigenvalue weighted by Gasteiger charge is 2.30. The van der Waals surface area contributed by atoms with E-state index in [9.17, 15) is 13.2 Å². The van der Waals surface area contributed by atoms with Crippen LogP contribution in [0.1, 0.15) is 19.4 Å². The maximum atomic E-state index is 12.9. The highest BCUT2D eigenvalue weighted by molar-refractivity contribution is 6.11. The number of alkyl halides is 3. The largest absolute Gasteiger partial charge is 1.00 e. The summed E-state index contributed by atoms with van der Waals surface area (Å²) in [5, 5.41) is 2.38. The summed E-state index contributed by atoms with van der Waals surface area (Å²) in [6.07, 6.45) is 1.55. The topological polar surface area (TPSA) is 14.0 Å². The smallest absolute Gasteiger partial charge is 0.416 e. The average Bonchev–Trinajstić information content (AvgIpc) is 3.27. The molecule has 5 rings (SSSR count). The minimum absolute atomic E-state index is 0. The van der Waals surface area contributed by atoms with E-state index in [0.29, 0.717) is 11.6 Å². The molecule has 3 aromatic heterocycles. The van der Waals surface area contributed by atoms with Gasteiger partial charge in [0.1, 0.15) is 17.4 Å². The van der Waals surface area contributed by atoms with Crippen molar-refractivity contribution in [3.05, 3.63) is 78.9 Å². The lowest BCUT2D eigenvalue weighted by Crippen LogP contribution is -3.00. The lowest BCUT2D eigenvalue weighted by molar-refractivity contribution is -0.510. The second kappa shape index (κ2) is 7.61. The van der Waals surface area contributed by atoms with E-state index >= 15 is 0 Å². The number of fused-ring (bicyclic) bond motifs is 5. The molecule has 3 heterocycles. The molecule has 2 aromatic carbocycles. The van der Waals surface area contributed by atoms with E-state index in [-0.39, 0.29) is 12.4 Å². The minimum Gasteiger partial charge on any atom is -1.00 e. The van der Waals surface area contributed by atoms with Crippen molar-refractivity contribution in [1.29, 1.82) is 0 Å². The van der Waals surface area contributed by atoms with Crippen molar-refractivity contribution in [2.75, 3.05) is 0 Å². The summed E-state index contributed by atoms with van der Waals surface area (Å²) in [5.74, 6) is 0.473. The van der Waals surface area contributed by atoms with Gasteiger partial charge in [-0.05, 0) is 42.3 Å². The third-order valence-corrected chi connectivity index (χ3v) is 5.48. The summed E-state index contributed by atoms with van der Waals surface area (Å²) in [4.78, 5) is 0. The van der Waals surface area contributed by atoms with Gasteiger partial charge in [0.15, 0.2) is 5.52 Å². The van der Waals surface area contributed by atoms with Crippen LogP contribution in [-0.2, 0) is 12.7 Å². The molecule has 0 spiro atoms. The molecule has 5 aromatic rings. The number of halogens is 4. The van der Waals surface area contributed by atoms with Crippen LogP contribution in [0, 0.1) is 5.92 Å². The number of aromatic nitrogens is 3. The molecule has 0 atom stereocenters. The highest BCUT2D eigenvalue weighted by Crippen LogP contribution is 2.32. The van der Waals surface area contributed by atoms with Crippen LogP contribution in [0.5, 0.6) is 0 Å². The van der Waals surface area contributed by atoms with Gasteiger partial charge in [-0.25, -0.2) is 8.97 Å². The van der Waals surface area contributed by atoms with Crippen LogP contribution in [-0.4, -0.2) is 9.13 Å². The first-order valence-corrected chi connectivity index (χ1v) is 9.93. The number of hydrogen-bond acceptors (Lipinski definition) is 0. The first-order chi connectivity index (χ1) is 14.3. The molecule has 0 radical (unpaired) electrons. The Morgan fingerprint density at radius 2 is 1.65 bits per heavy atom. The van der Waals surface area contributed by atoms with Crippen molar-refractivity contribution < 1.29 is 30.0 Å². The standard InChI is InChI=1S/C24H21F3N3.ClH/c1-16(2)13-30-21-6-4-3-5-19(21)20-11-12-28-15-29(14-22(28)23(20)30)18-9-7-17(8-10-18)24(25,26)27;/h3-12,14-16H,13H2,1-2H3;1H/q+1;/p-1. The number of imidazole rings is 1. The lowest BCUT2D eigenvalue weighted by Gasteiger charge is -2.09. The Morgan fingerprint density at radius 3 is 2.32 bits per heavy atom. The molecule has 0 aliphatic carbocycles. The molecule has 0 saturated carbocycles. The molecule has 0 saturated heterocycles. The van der Waals surface area contributed by atoms with Gasteiger partial charge in [-0.2, -0.15) is 13.2 Å². The van der Waals surface area contributed by atoms with E-state index in [1.165, 1.54) is 28.4 Å². The van der Waals surface area contributed by atoms with Crippen LogP contribution in [0.15, 0.2) is 73.3 Å². The Morgan fingerprint density at radius 1 is 0.935 bits per heavy atom. The van der Waals surface area contributed by atoms with Gasteiger partial charge >= 0.3 is 6.18 Å². The highest BCUT2D eigenvalue weighted by atomic mass is 35.5. The molecule has 31 heavy (non-hydrogen) atoms. The maximum absolute atomic E-state index is 12.9. The van der Waals surface area contributed by atoms with Crippen molar-refractivity contribution in [2.45, 2.75) is 26.6 Å². The van der Waals surface area contributed by atoms with Crippen LogP contribution in [0.25, 0.3) is 33.0 Å². The Balaban J connectivity index is 0.00000231. The SMILES string of the molecule is CC(C)Cn1c2ccccc2c2cc[n+]3cn(-c4ccc(C(F)(F)F)cc4)cc3c21.[Cl-]. The van der Waals surface area contributed by atoms with Crippen LogP contribution in [0.2, 0.25) is 0 Å². The molecule has 160 valence electrons. The van der Waals surface area contributed by atoms with Crippen molar-refractivity contribution in [3.63, 3.8) is 0 Å². The average molecular weight is 444 g/mol. The van der Waals surface area contributed by atoms with Gasteiger partial charge in [-0.3, -0.25) is 0 Å².